The molecule has 2 rings (SSSR count). The van der Waals surface area contributed by atoms with Crippen molar-refractivity contribution in [3.05, 3.63) is 65.7 Å². The van der Waals surface area contributed by atoms with Gasteiger partial charge >= 0.3 is 0 Å². The van der Waals surface area contributed by atoms with Gasteiger partial charge in [-0.3, -0.25) is 0 Å². The van der Waals surface area contributed by atoms with Gasteiger partial charge in [0.1, 0.15) is 5.75 Å². The predicted molar refractivity (Wildman–Crippen MR) is 74.8 cm³/mol. The molecule has 2 N–H and O–H groups in total. The molecule has 0 spiro atoms. The van der Waals surface area contributed by atoms with Gasteiger partial charge in [0.25, 0.3) is 0 Å². The smallest absolute Gasteiger partial charge is 0.115 e. The summed E-state index contributed by atoms with van der Waals surface area (Å²) in [5.41, 5.74) is 2.58. The van der Waals surface area contributed by atoms with E-state index in [4.69, 9.17) is 0 Å². The Morgan fingerprint density at radius 2 is 1.44 bits per heavy atom. The van der Waals surface area contributed by atoms with Gasteiger partial charge in [-0.25, -0.2) is 0 Å². The average molecular weight is 241 g/mol. The minimum absolute atomic E-state index is 0.322. The predicted octanol–water partition coefficient (Wildman–Crippen LogP) is 2.77. The molecule has 94 valence electrons. The summed E-state index contributed by atoms with van der Waals surface area (Å²) in [4.78, 5) is 0. The van der Waals surface area contributed by atoms with E-state index in [1.165, 1.54) is 11.1 Å². The molecule has 2 aromatic rings. The Hall–Kier alpha value is -1.80. The van der Waals surface area contributed by atoms with E-state index in [2.05, 4.69) is 29.6 Å². The molecule has 0 bridgehead atoms. The van der Waals surface area contributed by atoms with Gasteiger partial charge in [0.05, 0.1) is 0 Å². The molecule has 0 aromatic heterocycles. The first-order valence-corrected chi connectivity index (χ1v) is 6.27. The first kappa shape index (κ1) is 12.7. The third kappa shape index (κ3) is 3.60. The van der Waals surface area contributed by atoms with E-state index in [9.17, 15) is 5.11 Å². The van der Waals surface area contributed by atoms with Gasteiger partial charge < -0.3 is 10.4 Å². The molecule has 1 unspecified atom stereocenters. The van der Waals surface area contributed by atoms with Crippen molar-refractivity contribution in [2.45, 2.75) is 18.9 Å². The lowest BCUT2D eigenvalue weighted by atomic mass is 9.99. The Kier molecular flexibility index (Phi) is 4.37. The van der Waals surface area contributed by atoms with Gasteiger partial charge in [0, 0.05) is 6.04 Å². The summed E-state index contributed by atoms with van der Waals surface area (Å²) >= 11 is 0. The van der Waals surface area contributed by atoms with Crippen molar-refractivity contribution in [1.29, 1.82) is 0 Å². The van der Waals surface area contributed by atoms with Crippen LogP contribution in [-0.2, 0) is 12.8 Å². The molecular weight excluding hydrogens is 222 g/mol. The van der Waals surface area contributed by atoms with Crippen molar-refractivity contribution in [3.63, 3.8) is 0 Å². The molecule has 0 aliphatic rings. The molecule has 0 aliphatic carbocycles. The van der Waals surface area contributed by atoms with Crippen LogP contribution in [0.1, 0.15) is 11.1 Å². The Labute approximate surface area is 108 Å². The summed E-state index contributed by atoms with van der Waals surface area (Å²) in [6.07, 6.45) is 1.98. The number of nitrogens with one attached hydrogen (secondary N) is 1. The topological polar surface area (TPSA) is 32.3 Å². The van der Waals surface area contributed by atoms with Gasteiger partial charge in [-0.05, 0) is 43.1 Å². The highest BCUT2D eigenvalue weighted by atomic mass is 16.3. The van der Waals surface area contributed by atoms with Crippen LogP contribution in [-0.4, -0.2) is 18.2 Å². The van der Waals surface area contributed by atoms with Crippen LogP contribution in [0.5, 0.6) is 5.75 Å². The number of hydrogen-bond donors (Lipinski definition) is 2. The van der Waals surface area contributed by atoms with Gasteiger partial charge in [-0.15, -0.1) is 0 Å². The number of phenols is 1. The van der Waals surface area contributed by atoms with E-state index in [1.807, 2.05) is 25.2 Å². The van der Waals surface area contributed by atoms with E-state index in [-0.39, 0.29) is 0 Å². The molecule has 0 heterocycles. The van der Waals surface area contributed by atoms with Crippen LogP contribution in [0.25, 0.3) is 0 Å². The number of hydrogen-bond acceptors (Lipinski definition) is 2. The lowest BCUT2D eigenvalue weighted by Gasteiger charge is -2.16. The fourth-order valence-electron chi connectivity index (χ4n) is 2.09. The van der Waals surface area contributed by atoms with Crippen molar-refractivity contribution >= 4 is 0 Å². The third-order valence-corrected chi connectivity index (χ3v) is 3.15. The SMILES string of the molecule is CNC(Cc1ccccc1)Cc1ccc(O)cc1. The lowest BCUT2D eigenvalue weighted by Crippen LogP contribution is -2.29. The van der Waals surface area contributed by atoms with Crippen molar-refractivity contribution in [3.8, 4) is 5.75 Å². The molecule has 0 saturated heterocycles. The molecule has 2 nitrogen and oxygen atoms in total. The van der Waals surface area contributed by atoms with Crippen molar-refractivity contribution < 1.29 is 5.11 Å². The highest BCUT2D eigenvalue weighted by Gasteiger charge is 2.08. The van der Waals surface area contributed by atoms with Crippen LogP contribution >= 0.6 is 0 Å². The second kappa shape index (κ2) is 6.22. The van der Waals surface area contributed by atoms with Crippen LogP contribution < -0.4 is 5.32 Å². The molecule has 2 heteroatoms. The number of likely N-dealkylation sites (N-methyl/N-ethyl adjacent to an activating group) is 1. The Balaban J connectivity index is 1.99. The molecule has 1 atom stereocenters. The molecule has 18 heavy (non-hydrogen) atoms. The maximum Gasteiger partial charge on any atom is 0.115 e. The second-order valence-electron chi connectivity index (χ2n) is 4.55. The standard InChI is InChI=1S/C16H19NO/c1-17-15(11-13-5-3-2-4-6-13)12-14-7-9-16(18)10-8-14/h2-10,15,17-18H,11-12H2,1H3. The normalized spacial score (nSPS) is 12.3. The third-order valence-electron chi connectivity index (χ3n) is 3.15. The highest BCUT2D eigenvalue weighted by Crippen LogP contribution is 2.13. The minimum atomic E-state index is 0.322. The van der Waals surface area contributed by atoms with Gasteiger partial charge in [0.2, 0.25) is 0 Å². The molecule has 0 radical (unpaired) electrons. The summed E-state index contributed by atoms with van der Waals surface area (Å²) in [6, 6.07) is 18.3. The van der Waals surface area contributed by atoms with Gasteiger partial charge in [-0.2, -0.15) is 0 Å². The maximum absolute atomic E-state index is 9.27. The number of benzene rings is 2. The zero-order valence-electron chi connectivity index (χ0n) is 10.6. The van der Waals surface area contributed by atoms with Gasteiger partial charge in [-0.1, -0.05) is 42.5 Å². The van der Waals surface area contributed by atoms with Crippen molar-refractivity contribution in [2.75, 3.05) is 7.05 Å². The number of rotatable bonds is 5. The summed E-state index contributed by atoms with van der Waals surface area (Å²) < 4.78 is 0. The number of phenolic OH excluding ortho intramolecular Hbond substituents is 1. The van der Waals surface area contributed by atoms with Crippen molar-refractivity contribution in [1.82, 2.24) is 5.32 Å². The monoisotopic (exact) mass is 241 g/mol. The van der Waals surface area contributed by atoms with E-state index >= 15 is 0 Å². The Bertz CT molecular complexity index is 464. The first-order valence-electron chi connectivity index (χ1n) is 6.27. The Morgan fingerprint density at radius 3 is 2.00 bits per heavy atom. The van der Waals surface area contributed by atoms with E-state index in [1.54, 1.807) is 12.1 Å². The first-order chi connectivity index (χ1) is 8.78. The van der Waals surface area contributed by atoms with Crippen molar-refractivity contribution in [2.24, 2.45) is 0 Å². The van der Waals surface area contributed by atoms with Crippen LogP contribution in [0.4, 0.5) is 0 Å². The zero-order chi connectivity index (χ0) is 12.8. The molecule has 0 fully saturated rings. The molecule has 0 saturated carbocycles. The van der Waals surface area contributed by atoms with Crippen LogP contribution in [0.3, 0.4) is 0 Å². The maximum atomic E-state index is 9.27. The van der Waals surface area contributed by atoms with Crippen LogP contribution in [0.2, 0.25) is 0 Å². The molecular formula is C16H19NO. The quantitative estimate of drug-likeness (QED) is 0.843. The molecule has 0 aliphatic heterocycles. The largest absolute Gasteiger partial charge is 0.508 e. The van der Waals surface area contributed by atoms with E-state index in [0.29, 0.717) is 11.8 Å². The second-order valence-corrected chi connectivity index (χ2v) is 4.55. The summed E-state index contributed by atoms with van der Waals surface area (Å²) in [6.45, 7) is 0. The Morgan fingerprint density at radius 1 is 0.889 bits per heavy atom. The van der Waals surface area contributed by atoms with Crippen LogP contribution in [0.15, 0.2) is 54.6 Å². The highest BCUT2D eigenvalue weighted by molar-refractivity contribution is 5.27. The average Bonchev–Trinajstić information content (AvgIpc) is 2.41. The summed E-state index contributed by atoms with van der Waals surface area (Å²) in [7, 11) is 1.99. The minimum Gasteiger partial charge on any atom is -0.508 e. The lowest BCUT2D eigenvalue weighted by molar-refractivity contribution is 0.474. The summed E-state index contributed by atoms with van der Waals surface area (Å²) in [5, 5.41) is 12.6. The fraction of sp³-hybridized carbons (Fsp3) is 0.250. The molecule has 0 amide bonds. The van der Waals surface area contributed by atoms with E-state index in [0.717, 1.165) is 12.8 Å². The molecule has 2 aromatic carbocycles. The zero-order valence-corrected chi connectivity index (χ0v) is 10.6. The van der Waals surface area contributed by atoms with Gasteiger partial charge in [0.15, 0.2) is 0 Å². The van der Waals surface area contributed by atoms with Crippen LogP contribution in [0, 0.1) is 0 Å². The summed E-state index contributed by atoms with van der Waals surface area (Å²) in [5.74, 6) is 0.322. The van der Waals surface area contributed by atoms with E-state index < -0.39 is 0 Å². The fourth-order valence-corrected chi connectivity index (χ4v) is 2.09. The number of aromatic hydroxyl groups is 1.